The van der Waals surface area contributed by atoms with Crippen LogP contribution in [0.4, 0.5) is 5.82 Å². The first-order chi connectivity index (χ1) is 12.6. The maximum atomic E-state index is 4.37. The van der Waals surface area contributed by atoms with Gasteiger partial charge in [-0.05, 0) is 30.2 Å². The Bertz CT molecular complexity index is 886. The molecule has 3 aromatic rings. The van der Waals surface area contributed by atoms with Gasteiger partial charge >= 0.3 is 0 Å². The van der Waals surface area contributed by atoms with Crippen LogP contribution in [0.5, 0.6) is 0 Å². The van der Waals surface area contributed by atoms with Gasteiger partial charge in [0.1, 0.15) is 12.1 Å². The van der Waals surface area contributed by atoms with Gasteiger partial charge in [0.05, 0.1) is 0 Å². The topological polar surface area (TPSA) is 67.1 Å². The lowest BCUT2D eigenvalue weighted by molar-refractivity contribution is 0.0703. The third kappa shape index (κ3) is 3.05. The van der Waals surface area contributed by atoms with Crippen molar-refractivity contribution >= 4 is 11.6 Å². The average Bonchev–Trinajstić information content (AvgIpc) is 3.09. The van der Waals surface area contributed by atoms with Crippen molar-refractivity contribution < 1.29 is 0 Å². The van der Waals surface area contributed by atoms with Gasteiger partial charge in [-0.15, -0.1) is 0 Å². The molecule has 0 aliphatic heterocycles. The summed E-state index contributed by atoms with van der Waals surface area (Å²) in [4.78, 5) is 8.53. The Morgan fingerprint density at radius 1 is 1.19 bits per heavy atom. The van der Waals surface area contributed by atoms with E-state index < -0.39 is 0 Å². The SMILES string of the molecule is Cc1cc(NCCN[C@@H]2C[C@H](c3ccccc3)C2(C)C)n2ncnc2n1. The summed E-state index contributed by atoms with van der Waals surface area (Å²) in [5.74, 6) is 2.19. The molecule has 1 fully saturated rings. The fourth-order valence-corrected chi connectivity index (χ4v) is 4.02. The number of benzene rings is 1. The van der Waals surface area contributed by atoms with Crippen LogP contribution in [0.25, 0.3) is 5.78 Å². The molecule has 1 saturated carbocycles. The van der Waals surface area contributed by atoms with E-state index in [2.05, 4.69) is 69.9 Å². The smallest absolute Gasteiger partial charge is 0.254 e. The zero-order chi connectivity index (χ0) is 18.1. The molecule has 2 N–H and O–H groups in total. The first-order valence-electron chi connectivity index (χ1n) is 9.25. The van der Waals surface area contributed by atoms with Crippen LogP contribution < -0.4 is 10.6 Å². The molecule has 6 heteroatoms. The second-order valence-electron chi connectivity index (χ2n) is 7.71. The maximum Gasteiger partial charge on any atom is 0.254 e. The summed E-state index contributed by atoms with van der Waals surface area (Å²) in [6, 6.07) is 13.4. The molecular formula is C20H26N6. The second-order valence-corrected chi connectivity index (χ2v) is 7.71. The van der Waals surface area contributed by atoms with Gasteiger partial charge in [-0.2, -0.15) is 14.6 Å². The zero-order valence-electron chi connectivity index (χ0n) is 15.6. The van der Waals surface area contributed by atoms with Crippen LogP contribution in [-0.4, -0.2) is 38.7 Å². The number of hydrogen-bond acceptors (Lipinski definition) is 5. The van der Waals surface area contributed by atoms with Crippen molar-refractivity contribution in [3.8, 4) is 0 Å². The summed E-state index contributed by atoms with van der Waals surface area (Å²) >= 11 is 0. The van der Waals surface area contributed by atoms with Gasteiger partial charge in [-0.3, -0.25) is 0 Å². The van der Waals surface area contributed by atoms with Crippen molar-refractivity contribution in [3.63, 3.8) is 0 Å². The molecule has 6 nitrogen and oxygen atoms in total. The predicted octanol–water partition coefficient (Wildman–Crippen LogP) is 3.02. The van der Waals surface area contributed by atoms with Crippen LogP contribution in [0.3, 0.4) is 0 Å². The lowest BCUT2D eigenvalue weighted by Gasteiger charge is -2.53. The minimum absolute atomic E-state index is 0.272. The number of aryl methyl sites for hydroxylation is 1. The van der Waals surface area contributed by atoms with Gasteiger partial charge in [-0.1, -0.05) is 44.2 Å². The van der Waals surface area contributed by atoms with Crippen LogP contribution in [-0.2, 0) is 0 Å². The van der Waals surface area contributed by atoms with Crippen molar-refractivity contribution in [3.05, 3.63) is 54.0 Å². The molecule has 26 heavy (non-hydrogen) atoms. The Morgan fingerprint density at radius 3 is 2.77 bits per heavy atom. The largest absolute Gasteiger partial charge is 0.369 e. The van der Waals surface area contributed by atoms with E-state index in [1.165, 1.54) is 18.3 Å². The molecule has 1 aliphatic carbocycles. The molecule has 1 aliphatic rings. The van der Waals surface area contributed by atoms with E-state index in [4.69, 9.17) is 0 Å². The molecule has 0 unspecified atom stereocenters. The van der Waals surface area contributed by atoms with E-state index in [0.29, 0.717) is 17.7 Å². The Labute approximate surface area is 154 Å². The monoisotopic (exact) mass is 350 g/mol. The highest BCUT2D eigenvalue weighted by Gasteiger charge is 2.48. The van der Waals surface area contributed by atoms with Crippen molar-refractivity contribution in [2.75, 3.05) is 18.4 Å². The van der Waals surface area contributed by atoms with Crippen molar-refractivity contribution in [2.45, 2.75) is 39.2 Å². The molecule has 0 saturated heterocycles. The first kappa shape index (κ1) is 17.0. The highest BCUT2D eigenvalue weighted by molar-refractivity contribution is 5.44. The summed E-state index contributed by atoms with van der Waals surface area (Å²) in [5, 5.41) is 11.4. The second kappa shape index (κ2) is 6.68. The van der Waals surface area contributed by atoms with Crippen LogP contribution >= 0.6 is 0 Å². The van der Waals surface area contributed by atoms with Gasteiger partial charge in [0, 0.05) is 30.9 Å². The van der Waals surface area contributed by atoms with Crippen molar-refractivity contribution in [1.29, 1.82) is 0 Å². The van der Waals surface area contributed by atoms with Crippen molar-refractivity contribution in [2.24, 2.45) is 5.41 Å². The van der Waals surface area contributed by atoms with Gasteiger partial charge in [0.15, 0.2) is 0 Å². The molecule has 2 heterocycles. The Balaban J connectivity index is 1.31. The van der Waals surface area contributed by atoms with Gasteiger partial charge in [-0.25, -0.2) is 4.98 Å². The van der Waals surface area contributed by atoms with Gasteiger partial charge < -0.3 is 10.6 Å². The summed E-state index contributed by atoms with van der Waals surface area (Å²) < 4.78 is 1.74. The molecule has 0 amide bonds. The quantitative estimate of drug-likeness (QED) is 0.669. The molecule has 2 atom stereocenters. The number of rotatable bonds is 6. The average molecular weight is 350 g/mol. The molecule has 1 aromatic carbocycles. The summed E-state index contributed by atoms with van der Waals surface area (Å²) in [6.45, 7) is 8.45. The molecule has 2 aromatic heterocycles. The standard InChI is InChI=1S/C20H26N6/c1-14-11-18(26-19(25-14)23-13-24-26)22-10-9-21-17-12-16(20(17,2)3)15-7-5-4-6-8-15/h4-8,11,13,16-17,21-22H,9-10,12H2,1-3H3/t16-,17-/m1/s1. The number of nitrogens with one attached hydrogen (secondary N) is 2. The molecule has 0 bridgehead atoms. The minimum atomic E-state index is 0.272. The number of fused-ring (bicyclic) bond motifs is 1. The van der Waals surface area contributed by atoms with E-state index in [9.17, 15) is 0 Å². The summed E-state index contributed by atoms with van der Waals surface area (Å²) in [5.41, 5.74) is 2.66. The highest BCUT2D eigenvalue weighted by Crippen LogP contribution is 2.52. The van der Waals surface area contributed by atoms with E-state index in [1.807, 2.05) is 13.0 Å². The lowest BCUT2D eigenvalue weighted by Crippen LogP contribution is -2.56. The normalized spacial score (nSPS) is 21.5. The number of anilines is 1. The Hall–Kier alpha value is -2.47. The molecule has 136 valence electrons. The fourth-order valence-electron chi connectivity index (χ4n) is 4.02. The first-order valence-corrected chi connectivity index (χ1v) is 9.25. The Morgan fingerprint density at radius 2 is 2.00 bits per heavy atom. The Kier molecular flexibility index (Phi) is 4.36. The van der Waals surface area contributed by atoms with Crippen LogP contribution in [0, 0.1) is 12.3 Å². The third-order valence-electron chi connectivity index (χ3n) is 5.67. The minimum Gasteiger partial charge on any atom is -0.369 e. The predicted molar refractivity (Wildman–Crippen MR) is 103 cm³/mol. The van der Waals surface area contributed by atoms with Crippen LogP contribution in [0.2, 0.25) is 0 Å². The van der Waals surface area contributed by atoms with E-state index in [-0.39, 0.29) is 5.41 Å². The lowest BCUT2D eigenvalue weighted by atomic mass is 9.56. The molecule has 4 rings (SSSR count). The number of nitrogens with zero attached hydrogens (tertiary/aromatic N) is 4. The highest BCUT2D eigenvalue weighted by atomic mass is 15.3. The summed E-state index contributed by atoms with van der Waals surface area (Å²) in [7, 11) is 0. The maximum absolute atomic E-state index is 4.37. The van der Waals surface area contributed by atoms with Crippen molar-refractivity contribution in [1.82, 2.24) is 24.9 Å². The van der Waals surface area contributed by atoms with Gasteiger partial charge in [0.2, 0.25) is 0 Å². The zero-order valence-corrected chi connectivity index (χ0v) is 15.6. The van der Waals surface area contributed by atoms with Gasteiger partial charge in [0.25, 0.3) is 5.78 Å². The molecular weight excluding hydrogens is 324 g/mol. The third-order valence-corrected chi connectivity index (χ3v) is 5.67. The molecule has 0 radical (unpaired) electrons. The van der Waals surface area contributed by atoms with Crippen LogP contribution in [0.15, 0.2) is 42.7 Å². The number of hydrogen-bond donors (Lipinski definition) is 2. The number of aromatic nitrogens is 4. The summed E-state index contributed by atoms with van der Waals surface area (Å²) in [6.07, 6.45) is 2.73. The van der Waals surface area contributed by atoms with E-state index >= 15 is 0 Å². The van der Waals surface area contributed by atoms with E-state index in [1.54, 1.807) is 4.52 Å². The fraction of sp³-hybridized carbons (Fsp3) is 0.450. The molecule has 0 spiro atoms. The van der Waals surface area contributed by atoms with Crippen LogP contribution in [0.1, 0.15) is 37.4 Å². The van der Waals surface area contributed by atoms with E-state index in [0.717, 1.165) is 24.6 Å².